The summed E-state index contributed by atoms with van der Waals surface area (Å²) in [7, 11) is 1.64. The average Bonchev–Trinajstić information content (AvgIpc) is 2.70. The first kappa shape index (κ1) is 21.2. The summed E-state index contributed by atoms with van der Waals surface area (Å²) in [6, 6.07) is 7.14. The number of benzene rings is 1. The maximum Gasteiger partial charge on any atom is 0.251 e. The molecule has 0 spiro atoms. The molecule has 4 aliphatic carbocycles. The number of carbonyl (C=O) groups is 2. The lowest BCUT2D eigenvalue weighted by atomic mass is 9.49. The van der Waals surface area contributed by atoms with Gasteiger partial charge < -0.3 is 20.7 Å². The fourth-order valence-corrected chi connectivity index (χ4v) is 6.26. The van der Waals surface area contributed by atoms with Gasteiger partial charge in [0.25, 0.3) is 5.91 Å². The number of thiocarbonyl (C=S) groups is 1. The highest BCUT2D eigenvalue weighted by Crippen LogP contribution is 2.60. The molecule has 30 heavy (non-hydrogen) atoms. The summed E-state index contributed by atoms with van der Waals surface area (Å²) in [4.78, 5) is 25.4. The third-order valence-electron chi connectivity index (χ3n) is 6.94. The quantitative estimate of drug-likeness (QED) is 0.457. The number of hydrogen-bond donors (Lipinski definition) is 3. The van der Waals surface area contributed by atoms with E-state index in [9.17, 15) is 9.59 Å². The number of rotatable bonds is 7. The summed E-state index contributed by atoms with van der Waals surface area (Å²) < 4.78 is 4.99. The predicted molar refractivity (Wildman–Crippen MR) is 120 cm³/mol. The van der Waals surface area contributed by atoms with Gasteiger partial charge in [-0.1, -0.05) is 6.07 Å². The van der Waals surface area contributed by atoms with E-state index < -0.39 is 0 Å². The number of methoxy groups -OCH3 is 1. The van der Waals surface area contributed by atoms with Crippen molar-refractivity contribution in [3.05, 3.63) is 29.8 Å². The van der Waals surface area contributed by atoms with Crippen LogP contribution in [-0.4, -0.2) is 37.2 Å². The van der Waals surface area contributed by atoms with Gasteiger partial charge in [0.2, 0.25) is 5.91 Å². The van der Waals surface area contributed by atoms with Gasteiger partial charge in [0.15, 0.2) is 5.11 Å². The zero-order valence-corrected chi connectivity index (χ0v) is 18.4. The van der Waals surface area contributed by atoms with Crippen LogP contribution in [0.2, 0.25) is 0 Å². The van der Waals surface area contributed by atoms with Crippen LogP contribution in [0.5, 0.6) is 0 Å². The van der Waals surface area contributed by atoms with Gasteiger partial charge in [0.05, 0.1) is 5.41 Å². The Morgan fingerprint density at radius 1 is 1.13 bits per heavy atom. The third-order valence-corrected chi connectivity index (χ3v) is 7.14. The molecule has 0 radical (unpaired) electrons. The Kier molecular flexibility index (Phi) is 6.39. The van der Waals surface area contributed by atoms with Crippen LogP contribution < -0.4 is 16.0 Å². The van der Waals surface area contributed by atoms with Crippen LogP contribution in [0.1, 0.15) is 55.3 Å². The molecule has 3 N–H and O–H groups in total. The molecule has 1 aromatic rings. The molecule has 0 aliphatic heterocycles. The molecule has 6 nitrogen and oxygen atoms in total. The van der Waals surface area contributed by atoms with Gasteiger partial charge in [-0.3, -0.25) is 9.59 Å². The molecule has 0 saturated heterocycles. The SMILES string of the molecule is COCCCNC(=O)c1cccc(NC(=S)NC(=O)C23CC4CC(CC(C4)C2)C3)c1. The van der Waals surface area contributed by atoms with E-state index in [-0.39, 0.29) is 17.2 Å². The van der Waals surface area contributed by atoms with Crippen molar-refractivity contribution in [3.63, 3.8) is 0 Å². The smallest absolute Gasteiger partial charge is 0.251 e. The van der Waals surface area contributed by atoms with E-state index in [0.29, 0.717) is 47.3 Å². The van der Waals surface area contributed by atoms with E-state index in [1.165, 1.54) is 19.3 Å². The van der Waals surface area contributed by atoms with Gasteiger partial charge in [0.1, 0.15) is 0 Å². The first-order chi connectivity index (χ1) is 14.5. The van der Waals surface area contributed by atoms with E-state index in [1.807, 2.05) is 6.07 Å². The topological polar surface area (TPSA) is 79.5 Å². The molecule has 4 aliphatic rings. The summed E-state index contributed by atoms with van der Waals surface area (Å²) in [5, 5.41) is 9.20. The molecule has 0 aromatic heterocycles. The van der Waals surface area contributed by atoms with E-state index in [1.54, 1.807) is 25.3 Å². The monoisotopic (exact) mass is 429 g/mol. The summed E-state index contributed by atoms with van der Waals surface area (Å²) in [6.45, 7) is 1.17. The molecule has 4 fully saturated rings. The molecule has 2 amide bonds. The molecular formula is C23H31N3O3S. The Morgan fingerprint density at radius 2 is 1.80 bits per heavy atom. The molecule has 162 valence electrons. The summed E-state index contributed by atoms with van der Waals surface area (Å²) in [5.41, 5.74) is 1.01. The van der Waals surface area contributed by atoms with Gasteiger partial charge in [-0.15, -0.1) is 0 Å². The minimum atomic E-state index is -0.232. The van der Waals surface area contributed by atoms with Crippen molar-refractivity contribution in [2.75, 3.05) is 25.6 Å². The number of anilines is 1. The van der Waals surface area contributed by atoms with Gasteiger partial charge in [-0.25, -0.2) is 0 Å². The highest BCUT2D eigenvalue weighted by Gasteiger charge is 2.54. The van der Waals surface area contributed by atoms with Gasteiger partial charge in [-0.2, -0.15) is 0 Å². The lowest BCUT2D eigenvalue weighted by Crippen LogP contribution is -2.55. The average molecular weight is 430 g/mol. The lowest BCUT2D eigenvalue weighted by Gasteiger charge is -2.55. The second-order valence-corrected chi connectivity index (χ2v) is 9.70. The molecule has 1 aromatic carbocycles. The normalized spacial score (nSPS) is 28.8. The van der Waals surface area contributed by atoms with E-state index in [2.05, 4.69) is 16.0 Å². The first-order valence-electron chi connectivity index (χ1n) is 11.0. The fourth-order valence-electron chi connectivity index (χ4n) is 6.05. The van der Waals surface area contributed by atoms with Crippen molar-refractivity contribution in [2.24, 2.45) is 23.2 Å². The number of hydrogen-bond acceptors (Lipinski definition) is 4. The van der Waals surface area contributed by atoms with Crippen LogP contribution in [0.4, 0.5) is 5.69 Å². The highest BCUT2D eigenvalue weighted by molar-refractivity contribution is 7.80. The molecular weight excluding hydrogens is 398 g/mol. The second-order valence-electron chi connectivity index (χ2n) is 9.29. The van der Waals surface area contributed by atoms with E-state index in [0.717, 1.165) is 25.7 Å². The fraction of sp³-hybridized carbons (Fsp3) is 0.609. The van der Waals surface area contributed by atoms with Crippen LogP contribution in [0.25, 0.3) is 0 Å². The summed E-state index contributed by atoms with van der Waals surface area (Å²) in [5.74, 6) is 2.07. The molecule has 5 rings (SSSR count). The minimum Gasteiger partial charge on any atom is -0.385 e. The lowest BCUT2D eigenvalue weighted by molar-refractivity contribution is -0.144. The Balaban J connectivity index is 1.32. The second kappa shape index (κ2) is 9.02. The largest absolute Gasteiger partial charge is 0.385 e. The van der Waals surface area contributed by atoms with E-state index >= 15 is 0 Å². The highest BCUT2D eigenvalue weighted by atomic mass is 32.1. The number of carbonyl (C=O) groups excluding carboxylic acids is 2. The Bertz CT molecular complexity index is 790. The van der Waals surface area contributed by atoms with Crippen LogP contribution in [0.15, 0.2) is 24.3 Å². The molecule has 0 unspecified atom stereocenters. The van der Waals surface area contributed by atoms with Crippen LogP contribution in [0.3, 0.4) is 0 Å². The minimum absolute atomic E-state index is 0.0751. The maximum atomic E-state index is 13.1. The Labute approximate surface area is 183 Å². The molecule has 4 bridgehead atoms. The Morgan fingerprint density at radius 3 is 2.43 bits per heavy atom. The zero-order chi connectivity index (χ0) is 21.1. The van der Waals surface area contributed by atoms with Gasteiger partial charge in [0, 0.05) is 31.5 Å². The number of amides is 2. The molecule has 7 heteroatoms. The molecule has 0 atom stereocenters. The van der Waals surface area contributed by atoms with Crippen molar-refractivity contribution >= 4 is 34.8 Å². The molecule has 4 saturated carbocycles. The van der Waals surface area contributed by atoms with Gasteiger partial charge >= 0.3 is 0 Å². The van der Waals surface area contributed by atoms with E-state index in [4.69, 9.17) is 17.0 Å². The first-order valence-corrected chi connectivity index (χ1v) is 11.4. The van der Waals surface area contributed by atoms with Crippen LogP contribution in [0, 0.1) is 23.2 Å². The van der Waals surface area contributed by atoms with Crippen molar-refractivity contribution < 1.29 is 14.3 Å². The Hall–Kier alpha value is -1.99. The van der Waals surface area contributed by atoms with Crippen molar-refractivity contribution in [3.8, 4) is 0 Å². The summed E-state index contributed by atoms with van der Waals surface area (Å²) >= 11 is 5.42. The standard InChI is InChI=1S/C23H31N3O3S/c1-29-7-3-6-24-20(27)18-4-2-5-19(11-18)25-22(30)26-21(28)23-12-15-8-16(13-23)10-17(9-15)14-23/h2,4-5,11,15-17H,3,6-10,12-14H2,1H3,(H,24,27)(H2,25,26,28,30). The van der Waals surface area contributed by atoms with Crippen molar-refractivity contribution in [1.82, 2.24) is 10.6 Å². The third kappa shape index (κ3) is 4.67. The van der Waals surface area contributed by atoms with Gasteiger partial charge in [-0.05, 0) is 93.1 Å². The maximum absolute atomic E-state index is 13.1. The predicted octanol–water partition coefficient (Wildman–Crippen LogP) is 3.48. The van der Waals surface area contributed by atoms with Crippen LogP contribution >= 0.6 is 12.2 Å². The number of nitrogens with one attached hydrogen (secondary N) is 3. The molecule has 0 heterocycles. The number of ether oxygens (including phenoxy) is 1. The van der Waals surface area contributed by atoms with Crippen molar-refractivity contribution in [2.45, 2.75) is 44.9 Å². The van der Waals surface area contributed by atoms with Crippen LogP contribution in [-0.2, 0) is 9.53 Å². The van der Waals surface area contributed by atoms with Crippen molar-refractivity contribution in [1.29, 1.82) is 0 Å². The summed E-state index contributed by atoms with van der Waals surface area (Å²) in [6.07, 6.45) is 7.69. The zero-order valence-electron chi connectivity index (χ0n) is 17.5.